The summed E-state index contributed by atoms with van der Waals surface area (Å²) in [5, 5.41) is 0. The average Bonchev–Trinajstić information content (AvgIpc) is 2.92. The highest BCUT2D eigenvalue weighted by atomic mass is 16.7. The number of nitrogen functional groups attached to an aromatic ring is 1. The first-order chi connectivity index (χ1) is 10.4. The smallest absolute Gasteiger partial charge is 0.351 e. The third kappa shape index (κ3) is 3.81. The number of anilines is 1. The van der Waals surface area contributed by atoms with Gasteiger partial charge in [0.25, 0.3) is 0 Å². The summed E-state index contributed by atoms with van der Waals surface area (Å²) >= 11 is 0. The molecule has 1 aliphatic rings. The van der Waals surface area contributed by atoms with Gasteiger partial charge in [0.1, 0.15) is 18.5 Å². The van der Waals surface area contributed by atoms with Gasteiger partial charge in [-0.15, -0.1) is 0 Å². The van der Waals surface area contributed by atoms with Gasteiger partial charge in [0.15, 0.2) is 12.5 Å². The maximum Gasteiger partial charge on any atom is 0.351 e. The summed E-state index contributed by atoms with van der Waals surface area (Å²) in [7, 11) is 0. The molecule has 9 nitrogen and oxygen atoms in total. The van der Waals surface area contributed by atoms with Crippen LogP contribution in [0, 0.1) is 5.92 Å². The molecule has 0 bridgehead atoms. The lowest BCUT2D eigenvalue weighted by molar-refractivity contribution is -0.161. The molecular weight excluding hydrogens is 292 g/mol. The summed E-state index contributed by atoms with van der Waals surface area (Å²) in [5.41, 5.74) is 10.6. The molecule has 122 valence electrons. The van der Waals surface area contributed by atoms with Crippen LogP contribution < -0.4 is 17.2 Å². The lowest BCUT2D eigenvalue weighted by Gasteiger charge is -2.17. The van der Waals surface area contributed by atoms with Gasteiger partial charge in [-0.3, -0.25) is 9.36 Å². The number of hydrogen-bond donors (Lipinski definition) is 2. The number of carbonyl (C=O) groups excluding carboxylic acids is 1. The van der Waals surface area contributed by atoms with Crippen LogP contribution in [-0.2, 0) is 19.0 Å². The molecular formula is C13H20N4O5. The van der Waals surface area contributed by atoms with Crippen LogP contribution in [0.25, 0.3) is 0 Å². The molecule has 22 heavy (non-hydrogen) atoms. The molecule has 0 spiro atoms. The van der Waals surface area contributed by atoms with Crippen molar-refractivity contribution < 1.29 is 19.0 Å². The van der Waals surface area contributed by atoms with Crippen molar-refractivity contribution in [3.63, 3.8) is 0 Å². The maximum absolute atomic E-state index is 11.7. The van der Waals surface area contributed by atoms with Gasteiger partial charge in [-0.2, -0.15) is 4.98 Å². The number of hydrogen-bond acceptors (Lipinski definition) is 8. The fourth-order valence-corrected chi connectivity index (χ4v) is 1.84. The number of aromatic nitrogens is 2. The van der Waals surface area contributed by atoms with Gasteiger partial charge >= 0.3 is 11.7 Å². The van der Waals surface area contributed by atoms with Crippen molar-refractivity contribution in [2.24, 2.45) is 11.7 Å². The Morgan fingerprint density at radius 3 is 2.95 bits per heavy atom. The molecule has 1 fully saturated rings. The summed E-state index contributed by atoms with van der Waals surface area (Å²) in [6.45, 7) is 3.70. The van der Waals surface area contributed by atoms with Crippen molar-refractivity contribution in [1.29, 1.82) is 0 Å². The lowest BCUT2D eigenvalue weighted by Crippen LogP contribution is -2.38. The number of ether oxygens (including phenoxy) is 3. The van der Waals surface area contributed by atoms with Crippen LogP contribution in [0.1, 0.15) is 20.1 Å². The van der Waals surface area contributed by atoms with E-state index in [0.29, 0.717) is 0 Å². The maximum atomic E-state index is 11.7. The molecule has 2 rings (SSSR count). The minimum absolute atomic E-state index is 0.0231. The topological polar surface area (TPSA) is 132 Å². The molecule has 2 heterocycles. The van der Waals surface area contributed by atoms with Gasteiger partial charge < -0.3 is 25.7 Å². The van der Waals surface area contributed by atoms with E-state index in [1.54, 1.807) is 0 Å². The van der Waals surface area contributed by atoms with Crippen LogP contribution in [0.3, 0.4) is 0 Å². The van der Waals surface area contributed by atoms with Crippen LogP contribution in [0.15, 0.2) is 17.1 Å². The first-order valence-electron chi connectivity index (χ1n) is 6.92. The summed E-state index contributed by atoms with van der Waals surface area (Å²) in [6, 6.07) is 0.792. The monoisotopic (exact) mass is 312 g/mol. The Kier molecular flexibility index (Phi) is 5.11. The molecule has 1 aliphatic heterocycles. The van der Waals surface area contributed by atoms with Gasteiger partial charge in [0.2, 0.25) is 0 Å². The zero-order valence-electron chi connectivity index (χ0n) is 12.5. The Hall–Kier alpha value is -1.97. The van der Waals surface area contributed by atoms with Crippen molar-refractivity contribution >= 4 is 11.8 Å². The molecule has 0 aromatic carbocycles. The van der Waals surface area contributed by atoms with Crippen LogP contribution in [0.4, 0.5) is 5.82 Å². The first kappa shape index (κ1) is 16.4. The Morgan fingerprint density at radius 1 is 1.59 bits per heavy atom. The zero-order valence-corrected chi connectivity index (χ0v) is 12.5. The van der Waals surface area contributed by atoms with Gasteiger partial charge in [-0.25, -0.2) is 4.79 Å². The molecule has 3 atom stereocenters. The zero-order chi connectivity index (χ0) is 16.3. The van der Waals surface area contributed by atoms with E-state index in [-0.39, 0.29) is 24.9 Å². The van der Waals surface area contributed by atoms with Crippen molar-refractivity contribution in [2.75, 3.05) is 18.9 Å². The summed E-state index contributed by atoms with van der Waals surface area (Å²) in [6.07, 6.45) is 0.0859. The molecule has 1 aromatic heterocycles. The number of nitrogens with zero attached hydrogens (tertiary/aromatic N) is 2. The van der Waals surface area contributed by atoms with Crippen LogP contribution in [0.2, 0.25) is 0 Å². The first-order valence-corrected chi connectivity index (χ1v) is 6.92. The van der Waals surface area contributed by atoms with Crippen LogP contribution in [-0.4, -0.2) is 41.1 Å². The van der Waals surface area contributed by atoms with E-state index >= 15 is 0 Å². The van der Waals surface area contributed by atoms with E-state index < -0.39 is 30.2 Å². The van der Waals surface area contributed by atoms with Crippen molar-refractivity contribution in [3.05, 3.63) is 22.7 Å². The Labute approximate surface area is 127 Å². The fourth-order valence-electron chi connectivity index (χ4n) is 1.84. The van der Waals surface area contributed by atoms with Gasteiger partial charge in [-0.1, -0.05) is 13.8 Å². The molecule has 1 unspecified atom stereocenters. The van der Waals surface area contributed by atoms with Crippen molar-refractivity contribution in [2.45, 2.75) is 32.4 Å². The van der Waals surface area contributed by atoms with E-state index in [2.05, 4.69) is 4.98 Å². The molecule has 1 aromatic rings. The van der Waals surface area contributed by atoms with Crippen LogP contribution in [0.5, 0.6) is 0 Å². The second-order valence-electron chi connectivity index (χ2n) is 5.30. The molecule has 0 saturated carbocycles. The highest BCUT2D eigenvalue weighted by Crippen LogP contribution is 2.20. The standard InChI is InChI=1S/C13H20N4O5/c1-7(2)11(15)12(18)21-6-10-20-5-9(22-10)17-4-3-8(14)16-13(17)19/h3-4,7,9-11H,5-6,15H2,1-2H3,(H2,14,16,19)/t9-,10-,11?/m1/s1. The molecule has 0 radical (unpaired) electrons. The molecule has 0 aliphatic carbocycles. The van der Waals surface area contributed by atoms with Crippen molar-refractivity contribution in [3.8, 4) is 0 Å². The summed E-state index contributed by atoms with van der Waals surface area (Å²) in [5.74, 6) is -0.407. The predicted octanol–water partition coefficient (Wildman–Crippen LogP) is -0.776. The summed E-state index contributed by atoms with van der Waals surface area (Å²) < 4.78 is 17.1. The van der Waals surface area contributed by atoms with E-state index in [1.807, 2.05) is 13.8 Å². The number of nitrogens with two attached hydrogens (primary N) is 2. The quantitative estimate of drug-likeness (QED) is 0.677. The molecule has 9 heteroatoms. The van der Waals surface area contributed by atoms with Gasteiger partial charge in [0.05, 0.1) is 6.61 Å². The SMILES string of the molecule is CC(C)C(N)C(=O)OC[C@@H]1OC[C@H](n2ccc(N)nc2=O)O1. The Bertz CT molecular complexity index is 588. The van der Waals surface area contributed by atoms with E-state index in [0.717, 1.165) is 0 Å². The van der Waals surface area contributed by atoms with E-state index in [9.17, 15) is 9.59 Å². The average molecular weight is 312 g/mol. The molecule has 0 amide bonds. The second kappa shape index (κ2) is 6.86. The van der Waals surface area contributed by atoms with Crippen molar-refractivity contribution in [1.82, 2.24) is 9.55 Å². The third-order valence-electron chi connectivity index (χ3n) is 3.25. The van der Waals surface area contributed by atoms with Gasteiger partial charge in [-0.05, 0) is 12.0 Å². The largest absolute Gasteiger partial charge is 0.459 e. The minimum atomic E-state index is -0.752. The lowest BCUT2D eigenvalue weighted by atomic mass is 10.1. The minimum Gasteiger partial charge on any atom is -0.459 e. The van der Waals surface area contributed by atoms with E-state index in [4.69, 9.17) is 25.7 Å². The second-order valence-corrected chi connectivity index (χ2v) is 5.30. The fraction of sp³-hybridized carbons (Fsp3) is 0.615. The summed E-state index contributed by atoms with van der Waals surface area (Å²) in [4.78, 5) is 27.0. The highest BCUT2D eigenvalue weighted by molar-refractivity contribution is 5.75. The predicted molar refractivity (Wildman–Crippen MR) is 76.5 cm³/mol. The normalized spacial score (nSPS) is 22.7. The number of rotatable bonds is 5. The Balaban J connectivity index is 1.88. The Morgan fingerprint density at radius 2 is 2.32 bits per heavy atom. The third-order valence-corrected chi connectivity index (χ3v) is 3.25. The number of esters is 1. The molecule has 4 N–H and O–H groups in total. The van der Waals surface area contributed by atoms with E-state index in [1.165, 1.54) is 16.8 Å². The number of carbonyl (C=O) groups is 1. The molecule has 1 saturated heterocycles. The highest BCUT2D eigenvalue weighted by Gasteiger charge is 2.30. The van der Waals surface area contributed by atoms with Gasteiger partial charge in [0, 0.05) is 6.20 Å². The van der Waals surface area contributed by atoms with Crippen LogP contribution >= 0.6 is 0 Å².